The second-order valence-electron chi connectivity index (χ2n) is 7.91. The third-order valence-corrected chi connectivity index (χ3v) is 5.34. The summed E-state index contributed by atoms with van der Waals surface area (Å²) in [5, 5.41) is 21.1. The van der Waals surface area contributed by atoms with E-state index in [2.05, 4.69) is 15.7 Å². The van der Waals surface area contributed by atoms with E-state index in [9.17, 15) is 19.7 Å². The molecule has 2 amide bonds. The van der Waals surface area contributed by atoms with Gasteiger partial charge in [0.2, 0.25) is 5.91 Å². The van der Waals surface area contributed by atoms with E-state index in [1.807, 2.05) is 36.4 Å². The number of aromatic nitrogens is 2. The fraction of sp³-hybridized carbons (Fsp3) is 0.115. The Morgan fingerprint density at radius 1 is 0.971 bits per heavy atom. The molecule has 1 atom stereocenters. The lowest BCUT2D eigenvalue weighted by Crippen LogP contribution is -2.31. The van der Waals surface area contributed by atoms with Crippen molar-refractivity contribution in [2.75, 3.05) is 5.32 Å². The fourth-order valence-electron chi connectivity index (χ4n) is 3.65. The van der Waals surface area contributed by atoms with Crippen molar-refractivity contribution in [2.45, 2.75) is 19.4 Å². The van der Waals surface area contributed by atoms with Gasteiger partial charge in [0.15, 0.2) is 0 Å². The Morgan fingerprint density at radius 2 is 1.60 bits per heavy atom. The summed E-state index contributed by atoms with van der Waals surface area (Å²) in [5.74, 6) is -0.183. The Morgan fingerprint density at radius 3 is 2.23 bits per heavy atom. The molecule has 4 aromatic rings. The van der Waals surface area contributed by atoms with E-state index in [0.717, 1.165) is 5.56 Å². The van der Waals surface area contributed by atoms with Crippen molar-refractivity contribution in [3.05, 3.63) is 118 Å². The first-order valence-electron chi connectivity index (χ1n) is 10.9. The van der Waals surface area contributed by atoms with Crippen LogP contribution in [-0.2, 0) is 4.79 Å². The molecule has 1 heterocycles. The number of amides is 2. The summed E-state index contributed by atoms with van der Waals surface area (Å²) in [4.78, 5) is 36.3. The van der Waals surface area contributed by atoms with Crippen LogP contribution in [0.1, 0.15) is 34.1 Å². The highest BCUT2D eigenvalue weighted by Gasteiger charge is 2.21. The maximum atomic E-state index is 13.1. The number of nitro benzene ring substituents is 1. The zero-order valence-electron chi connectivity index (χ0n) is 18.9. The third-order valence-electron chi connectivity index (χ3n) is 5.34. The first kappa shape index (κ1) is 23.4. The van der Waals surface area contributed by atoms with Crippen molar-refractivity contribution < 1.29 is 14.5 Å². The number of benzene rings is 3. The van der Waals surface area contributed by atoms with Crippen LogP contribution in [0.15, 0.2) is 91.0 Å². The molecule has 1 aromatic heterocycles. The number of hydrogen-bond donors (Lipinski definition) is 2. The first-order valence-corrected chi connectivity index (χ1v) is 10.9. The SMILES string of the molecule is Cc1cc(NC(=O)CC(NC(=O)c2ccccc2)c2ccccc2)n(-c2ccc([N+](=O)[O-])cc2)n1. The molecule has 0 spiro atoms. The average molecular weight is 470 g/mol. The van der Waals surface area contributed by atoms with Crippen LogP contribution in [0.4, 0.5) is 11.5 Å². The van der Waals surface area contributed by atoms with Gasteiger partial charge in [0.25, 0.3) is 11.6 Å². The molecule has 0 fully saturated rings. The molecule has 0 saturated carbocycles. The molecule has 2 N–H and O–H groups in total. The zero-order valence-corrected chi connectivity index (χ0v) is 18.9. The molecule has 35 heavy (non-hydrogen) atoms. The van der Waals surface area contributed by atoms with Gasteiger partial charge in [-0.05, 0) is 36.8 Å². The summed E-state index contributed by atoms with van der Waals surface area (Å²) in [7, 11) is 0. The Balaban J connectivity index is 1.53. The van der Waals surface area contributed by atoms with Gasteiger partial charge in [-0.25, -0.2) is 4.68 Å². The van der Waals surface area contributed by atoms with E-state index in [1.54, 1.807) is 49.4 Å². The molecule has 1 unspecified atom stereocenters. The zero-order chi connectivity index (χ0) is 24.8. The molecule has 176 valence electrons. The Hall–Kier alpha value is -4.79. The second-order valence-corrected chi connectivity index (χ2v) is 7.91. The summed E-state index contributed by atoms with van der Waals surface area (Å²) in [6.45, 7) is 1.78. The molecule has 3 aromatic carbocycles. The summed E-state index contributed by atoms with van der Waals surface area (Å²) in [6, 6.07) is 25.1. The van der Waals surface area contributed by atoms with Crippen LogP contribution < -0.4 is 10.6 Å². The van der Waals surface area contributed by atoms with Gasteiger partial charge >= 0.3 is 0 Å². The van der Waals surface area contributed by atoms with E-state index >= 15 is 0 Å². The Bertz CT molecular complexity index is 1340. The lowest BCUT2D eigenvalue weighted by Gasteiger charge is -2.19. The minimum absolute atomic E-state index is 0.00687. The second kappa shape index (κ2) is 10.4. The number of nitrogens with one attached hydrogen (secondary N) is 2. The van der Waals surface area contributed by atoms with Gasteiger partial charge in [-0.1, -0.05) is 48.5 Å². The smallest absolute Gasteiger partial charge is 0.269 e. The van der Waals surface area contributed by atoms with E-state index in [4.69, 9.17) is 0 Å². The highest BCUT2D eigenvalue weighted by atomic mass is 16.6. The quantitative estimate of drug-likeness (QED) is 0.289. The maximum Gasteiger partial charge on any atom is 0.269 e. The molecule has 0 saturated heterocycles. The predicted octanol–water partition coefficient (Wildman–Crippen LogP) is 4.59. The van der Waals surface area contributed by atoms with Crippen LogP contribution in [0, 0.1) is 17.0 Å². The number of carbonyl (C=O) groups is 2. The van der Waals surface area contributed by atoms with E-state index < -0.39 is 11.0 Å². The fourth-order valence-corrected chi connectivity index (χ4v) is 3.65. The molecule has 0 radical (unpaired) electrons. The van der Waals surface area contributed by atoms with Crippen LogP contribution in [0.2, 0.25) is 0 Å². The van der Waals surface area contributed by atoms with Crippen LogP contribution >= 0.6 is 0 Å². The Kier molecular flexibility index (Phi) is 6.96. The number of aryl methyl sites for hydroxylation is 1. The average Bonchev–Trinajstić information content (AvgIpc) is 3.24. The van der Waals surface area contributed by atoms with Gasteiger partial charge in [-0.15, -0.1) is 0 Å². The molecular weight excluding hydrogens is 446 g/mol. The maximum absolute atomic E-state index is 13.1. The molecule has 0 aliphatic carbocycles. The van der Waals surface area contributed by atoms with Crippen LogP contribution in [-0.4, -0.2) is 26.5 Å². The summed E-state index contributed by atoms with van der Waals surface area (Å²) in [5.41, 5.74) is 2.49. The molecule has 4 rings (SSSR count). The molecule has 9 heteroatoms. The van der Waals surface area contributed by atoms with Crippen molar-refractivity contribution in [3.63, 3.8) is 0 Å². The number of nitro groups is 1. The highest BCUT2D eigenvalue weighted by molar-refractivity contribution is 5.95. The monoisotopic (exact) mass is 469 g/mol. The van der Waals surface area contributed by atoms with Gasteiger partial charge in [0, 0.05) is 23.8 Å². The largest absolute Gasteiger partial charge is 0.345 e. The van der Waals surface area contributed by atoms with Gasteiger partial charge in [-0.2, -0.15) is 5.10 Å². The third kappa shape index (κ3) is 5.77. The van der Waals surface area contributed by atoms with Crippen molar-refractivity contribution in [1.29, 1.82) is 0 Å². The van der Waals surface area contributed by atoms with Crippen LogP contribution in [0.25, 0.3) is 5.69 Å². The summed E-state index contributed by atoms with van der Waals surface area (Å²) in [6.07, 6.45) is -0.00687. The number of nitrogens with zero attached hydrogens (tertiary/aromatic N) is 3. The molecule has 0 aliphatic heterocycles. The summed E-state index contributed by atoms with van der Waals surface area (Å²) >= 11 is 0. The predicted molar refractivity (Wildman–Crippen MR) is 131 cm³/mol. The minimum atomic E-state index is -0.555. The van der Waals surface area contributed by atoms with Crippen molar-refractivity contribution in [1.82, 2.24) is 15.1 Å². The van der Waals surface area contributed by atoms with Crippen molar-refractivity contribution >= 4 is 23.3 Å². The molecule has 0 bridgehead atoms. The Labute approximate surface area is 201 Å². The van der Waals surface area contributed by atoms with Crippen molar-refractivity contribution in [3.8, 4) is 5.69 Å². The van der Waals surface area contributed by atoms with Crippen LogP contribution in [0.3, 0.4) is 0 Å². The van der Waals surface area contributed by atoms with E-state index in [1.165, 1.54) is 16.8 Å². The van der Waals surface area contributed by atoms with Gasteiger partial charge < -0.3 is 10.6 Å². The topological polar surface area (TPSA) is 119 Å². The number of rotatable bonds is 8. The number of carbonyl (C=O) groups excluding carboxylic acids is 2. The lowest BCUT2D eigenvalue weighted by atomic mass is 10.0. The lowest BCUT2D eigenvalue weighted by molar-refractivity contribution is -0.384. The van der Waals surface area contributed by atoms with Gasteiger partial charge in [0.05, 0.1) is 28.8 Å². The van der Waals surface area contributed by atoms with E-state index in [-0.39, 0.29) is 23.9 Å². The normalized spacial score (nSPS) is 11.5. The standard InChI is InChI=1S/C26H23N5O4/c1-18-16-24(30(29-18)21-12-14-22(15-13-21)31(34)35)28-25(32)17-23(19-8-4-2-5-9-19)27-26(33)20-10-6-3-7-11-20/h2-16,23H,17H2,1H3,(H,27,33)(H,28,32). The number of hydrogen-bond acceptors (Lipinski definition) is 5. The van der Waals surface area contributed by atoms with Crippen molar-refractivity contribution in [2.24, 2.45) is 0 Å². The molecule has 0 aliphatic rings. The van der Waals surface area contributed by atoms with E-state index in [0.29, 0.717) is 22.8 Å². The van der Waals surface area contributed by atoms with Gasteiger partial charge in [-0.3, -0.25) is 19.7 Å². The van der Waals surface area contributed by atoms with Gasteiger partial charge in [0.1, 0.15) is 5.82 Å². The first-order chi connectivity index (χ1) is 16.9. The number of anilines is 1. The number of non-ortho nitro benzene ring substituents is 1. The highest BCUT2D eigenvalue weighted by Crippen LogP contribution is 2.22. The minimum Gasteiger partial charge on any atom is -0.345 e. The van der Waals surface area contributed by atoms with Crippen LogP contribution in [0.5, 0.6) is 0 Å². The summed E-state index contributed by atoms with van der Waals surface area (Å²) < 4.78 is 1.51. The molecule has 9 nitrogen and oxygen atoms in total. The molecular formula is C26H23N5O4.